The molecule has 0 bridgehead atoms. The number of hydrogen-bond acceptors (Lipinski definition) is 5. The number of nitrogens with zero attached hydrogens (tertiary/aromatic N) is 2. The predicted molar refractivity (Wildman–Crippen MR) is 116 cm³/mol. The number of aromatic amines is 1. The van der Waals surface area contributed by atoms with Gasteiger partial charge in [-0.15, -0.1) is 0 Å². The number of rotatable bonds is 5. The molecule has 1 aliphatic heterocycles. The zero-order valence-corrected chi connectivity index (χ0v) is 17.6. The molecule has 0 radical (unpaired) electrons. The number of pyridine rings is 1. The molecular weight excluding hydrogens is 389 g/mol. The van der Waals surface area contributed by atoms with E-state index in [4.69, 9.17) is 4.74 Å². The summed E-state index contributed by atoms with van der Waals surface area (Å²) in [6, 6.07) is 13.0. The van der Waals surface area contributed by atoms with Gasteiger partial charge in [0.25, 0.3) is 5.56 Å². The third kappa shape index (κ3) is 4.11. The maximum absolute atomic E-state index is 13.9. The van der Waals surface area contributed by atoms with Crippen molar-refractivity contribution >= 4 is 28.5 Å². The molecule has 1 aromatic heterocycles. The van der Waals surface area contributed by atoms with Gasteiger partial charge < -0.3 is 14.6 Å². The number of hydrogen-bond donors (Lipinski definition) is 1. The number of fused-ring (bicyclic) bond motifs is 2. The summed E-state index contributed by atoms with van der Waals surface area (Å²) >= 11 is 1.59. The molecule has 4 rings (SSSR count). The fourth-order valence-electron chi connectivity index (χ4n) is 3.38. The van der Waals surface area contributed by atoms with Crippen LogP contribution in [-0.4, -0.2) is 35.5 Å². The zero-order valence-electron chi connectivity index (χ0n) is 16.7. The molecule has 3 aromatic rings. The van der Waals surface area contributed by atoms with E-state index < -0.39 is 5.82 Å². The highest BCUT2D eigenvalue weighted by atomic mass is 32.2. The number of nitrogens with one attached hydrogen (secondary N) is 1. The lowest BCUT2D eigenvalue weighted by Crippen LogP contribution is -2.29. The number of ether oxygens (including phenoxy) is 1. The Balaban J connectivity index is 1.60. The summed E-state index contributed by atoms with van der Waals surface area (Å²) in [6.07, 6.45) is 0. The summed E-state index contributed by atoms with van der Waals surface area (Å²) in [5.74, 6) is 0.465. The lowest BCUT2D eigenvalue weighted by molar-refractivity contribution is 0.310. The second-order valence-electron chi connectivity index (χ2n) is 7.49. The highest BCUT2D eigenvalue weighted by Crippen LogP contribution is 2.36. The zero-order chi connectivity index (χ0) is 20.5. The molecule has 0 saturated heterocycles. The van der Waals surface area contributed by atoms with Crippen molar-refractivity contribution in [2.24, 2.45) is 0 Å². The first kappa shape index (κ1) is 19.8. The van der Waals surface area contributed by atoms with Crippen molar-refractivity contribution < 1.29 is 9.13 Å². The minimum atomic E-state index is -0.416. The van der Waals surface area contributed by atoms with E-state index in [-0.39, 0.29) is 17.1 Å². The lowest BCUT2D eigenvalue weighted by Gasteiger charge is -2.29. The molecule has 0 aliphatic carbocycles. The van der Waals surface area contributed by atoms with E-state index in [9.17, 15) is 9.18 Å². The Morgan fingerprint density at radius 2 is 2.10 bits per heavy atom. The van der Waals surface area contributed by atoms with E-state index in [0.717, 1.165) is 22.9 Å². The summed E-state index contributed by atoms with van der Waals surface area (Å²) in [5, 5.41) is 0.693. The van der Waals surface area contributed by atoms with Crippen LogP contribution in [0.25, 0.3) is 10.9 Å². The van der Waals surface area contributed by atoms with Gasteiger partial charge in [-0.1, -0.05) is 12.1 Å². The van der Waals surface area contributed by atoms with Gasteiger partial charge >= 0.3 is 0 Å². The van der Waals surface area contributed by atoms with Crippen LogP contribution in [0.15, 0.2) is 52.2 Å². The van der Waals surface area contributed by atoms with Crippen LogP contribution in [0, 0.1) is 5.82 Å². The summed E-state index contributed by atoms with van der Waals surface area (Å²) in [5.41, 5.74) is 1.69. The number of para-hydroxylation sites is 1. The highest BCUT2D eigenvalue weighted by molar-refractivity contribution is 7.97. The molecule has 0 saturated carbocycles. The van der Waals surface area contributed by atoms with Gasteiger partial charge in [-0.2, -0.15) is 0 Å². The average Bonchev–Trinajstić information content (AvgIpc) is 2.69. The molecule has 0 amide bonds. The van der Waals surface area contributed by atoms with Crippen LogP contribution in [0.5, 0.6) is 5.75 Å². The van der Waals surface area contributed by atoms with E-state index in [1.165, 1.54) is 6.07 Å². The van der Waals surface area contributed by atoms with E-state index >= 15 is 0 Å². The smallest absolute Gasteiger partial charge is 0.253 e. The molecule has 152 valence electrons. The van der Waals surface area contributed by atoms with Crippen molar-refractivity contribution in [2.45, 2.75) is 31.3 Å². The Hall–Kier alpha value is -2.51. The first-order chi connectivity index (χ1) is 13.9. The molecule has 0 fully saturated rings. The molecule has 0 atom stereocenters. The lowest BCUT2D eigenvalue weighted by atomic mass is 10.1. The van der Waals surface area contributed by atoms with Gasteiger partial charge in [0.15, 0.2) is 0 Å². The van der Waals surface area contributed by atoms with Gasteiger partial charge in [-0.25, -0.2) is 8.70 Å². The Morgan fingerprint density at radius 3 is 2.90 bits per heavy atom. The van der Waals surface area contributed by atoms with E-state index in [0.29, 0.717) is 24.1 Å². The quantitative estimate of drug-likeness (QED) is 0.628. The van der Waals surface area contributed by atoms with Crippen LogP contribution in [0.4, 0.5) is 10.1 Å². The normalized spacial score (nSPS) is 13.8. The minimum Gasteiger partial charge on any atom is -0.490 e. The fraction of sp³-hybridized carbons (Fsp3) is 0.318. The maximum Gasteiger partial charge on any atom is 0.253 e. The van der Waals surface area contributed by atoms with Crippen molar-refractivity contribution in [3.8, 4) is 5.75 Å². The Morgan fingerprint density at radius 1 is 1.28 bits per heavy atom. The number of H-pyrrole nitrogens is 1. The van der Waals surface area contributed by atoms with Crippen molar-refractivity contribution in [3.05, 3.63) is 64.2 Å². The topological polar surface area (TPSA) is 48.6 Å². The van der Waals surface area contributed by atoms with Gasteiger partial charge in [0.05, 0.1) is 17.7 Å². The summed E-state index contributed by atoms with van der Waals surface area (Å²) in [6.45, 7) is 6.18. The van der Waals surface area contributed by atoms with Gasteiger partial charge in [-0.05, 0) is 56.1 Å². The van der Waals surface area contributed by atoms with Crippen molar-refractivity contribution in [1.29, 1.82) is 0 Å². The molecule has 7 heteroatoms. The fourth-order valence-corrected chi connectivity index (χ4v) is 4.35. The second kappa shape index (κ2) is 8.08. The van der Waals surface area contributed by atoms with Crippen molar-refractivity contribution in [2.75, 3.05) is 25.1 Å². The number of halogens is 1. The van der Waals surface area contributed by atoms with E-state index in [1.54, 1.807) is 24.1 Å². The van der Waals surface area contributed by atoms with Crippen LogP contribution in [-0.2, 0) is 6.54 Å². The molecular formula is C22H24FN3O2S. The van der Waals surface area contributed by atoms with E-state index in [1.807, 2.05) is 12.1 Å². The molecule has 29 heavy (non-hydrogen) atoms. The van der Waals surface area contributed by atoms with Crippen molar-refractivity contribution in [3.63, 3.8) is 0 Å². The summed E-state index contributed by atoms with van der Waals surface area (Å²) in [7, 11) is 2.06. The minimum absolute atomic E-state index is 0.197. The van der Waals surface area contributed by atoms with Crippen LogP contribution < -0.4 is 15.2 Å². The third-order valence-electron chi connectivity index (χ3n) is 5.06. The predicted octanol–water partition coefficient (Wildman–Crippen LogP) is 4.41. The highest BCUT2D eigenvalue weighted by Gasteiger charge is 2.19. The summed E-state index contributed by atoms with van der Waals surface area (Å²) in [4.78, 5) is 18.5. The molecule has 1 aliphatic rings. The molecule has 5 nitrogen and oxygen atoms in total. The summed E-state index contributed by atoms with van der Waals surface area (Å²) < 4.78 is 21.9. The number of benzene rings is 2. The average molecular weight is 414 g/mol. The second-order valence-corrected chi connectivity index (χ2v) is 8.61. The first-order valence-corrected chi connectivity index (χ1v) is 10.4. The van der Waals surface area contributed by atoms with Crippen LogP contribution in [0.1, 0.15) is 19.4 Å². The molecule has 2 heterocycles. The first-order valence-electron chi connectivity index (χ1n) is 9.65. The van der Waals surface area contributed by atoms with Gasteiger partial charge in [0.2, 0.25) is 0 Å². The number of anilines is 1. The Bertz CT molecular complexity index is 1100. The van der Waals surface area contributed by atoms with Gasteiger partial charge in [0, 0.05) is 35.5 Å². The number of aromatic nitrogens is 1. The molecule has 1 N–H and O–H groups in total. The molecule has 2 aromatic carbocycles. The van der Waals surface area contributed by atoms with Crippen molar-refractivity contribution in [1.82, 2.24) is 9.29 Å². The van der Waals surface area contributed by atoms with Crippen LogP contribution in [0.3, 0.4) is 0 Å². The molecule has 0 spiro atoms. The molecule has 0 unspecified atom stereocenters. The van der Waals surface area contributed by atoms with Crippen LogP contribution >= 0.6 is 11.9 Å². The van der Waals surface area contributed by atoms with Gasteiger partial charge in [0.1, 0.15) is 18.2 Å². The Kier molecular flexibility index (Phi) is 5.52. The van der Waals surface area contributed by atoms with Gasteiger partial charge in [-0.3, -0.25) is 4.79 Å². The Labute approximate surface area is 173 Å². The monoisotopic (exact) mass is 413 g/mol. The number of likely N-dealkylation sites (N-methyl/N-ethyl adjacent to an activating group) is 1. The standard InChI is InChI=1S/C22H24FN3O2S/c1-14(2)26(29-17-7-8-19-20(12-17)28-10-9-25(19)3)13-16-11-15-5-4-6-18(23)21(15)24-22(16)27/h4-8,11-12,14H,9-10,13H2,1-3H3,(H,24,27). The van der Waals surface area contributed by atoms with Crippen LogP contribution in [0.2, 0.25) is 0 Å². The SMILES string of the molecule is CC(C)N(Cc1cc2cccc(F)c2[nH]c1=O)Sc1ccc2c(c1)OCCN2C. The third-order valence-corrected chi connectivity index (χ3v) is 6.31. The largest absolute Gasteiger partial charge is 0.490 e. The maximum atomic E-state index is 13.9. The van der Waals surface area contributed by atoms with E-state index in [2.05, 4.69) is 47.2 Å².